The van der Waals surface area contributed by atoms with Crippen LogP contribution in [0.4, 0.5) is 37.7 Å². The summed E-state index contributed by atoms with van der Waals surface area (Å²) in [4.78, 5) is 19.1. The minimum Gasteiger partial charge on any atom is -0.489 e. The van der Waals surface area contributed by atoms with Crippen molar-refractivity contribution in [1.29, 1.82) is 0 Å². The maximum atomic E-state index is 15.1. The number of rotatable bonds is 4. The van der Waals surface area contributed by atoms with E-state index in [0.717, 1.165) is 12.3 Å². The average Bonchev–Trinajstić information content (AvgIpc) is 3.27. The number of halogens is 6. The fourth-order valence-corrected chi connectivity index (χ4v) is 5.10. The van der Waals surface area contributed by atoms with Gasteiger partial charge in [-0.05, 0) is 30.3 Å². The molecule has 3 heterocycles. The highest BCUT2D eigenvalue weighted by Gasteiger charge is 2.36. The third-order valence-corrected chi connectivity index (χ3v) is 6.93. The van der Waals surface area contributed by atoms with Crippen molar-refractivity contribution in [2.45, 2.75) is 12.3 Å². The summed E-state index contributed by atoms with van der Waals surface area (Å²) in [6.45, 7) is -0.271. The number of ether oxygens (including phenoxy) is 1. The Morgan fingerprint density at radius 3 is 2.50 bits per heavy atom. The number of hydrazine groups is 1. The van der Waals surface area contributed by atoms with Crippen molar-refractivity contribution < 1.29 is 35.9 Å². The minimum absolute atomic E-state index is 0.0189. The molecule has 0 aliphatic carbocycles. The van der Waals surface area contributed by atoms with Crippen molar-refractivity contribution in [3.05, 3.63) is 83.6 Å². The molecule has 0 saturated carbocycles. The first-order valence-corrected chi connectivity index (χ1v) is 12.3. The van der Waals surface area contributed by atoms with Crippen LogP contribution in [-0.2, 0) is 0 Å². The van der Waals surface area contributed by atoms with Gasteiger partial charge in [-0.3, -0.25) is 20.2 Å². The molecule has 2 atom stereocenters. The van der Waals surface area contributed by atoms with Gasteiger partial charge in [0, 0.05) is 28.8 Å². The molecule has 0 spiro atoms. The quantitative estimate of drug-likeness (QED) is 0.265. The first-order valence-electron chi connectivity index (χ1n) is 12.3. The lowest BCUT2D eigenvalue weighted by atomic mass is 9.98. The number of aromatic nitrogens is 1. The molecule has 0 bridgehead atoms. The number of para-hydroxylation sites is 2. The lowest BCUT2D eigenvalue weighted by Gasteiger charge is -2.32. The molecule has 4 aromatic rings. The second-order valence-corrected chi connectivity index (χ2v) is 9.43. The summed E-state index contributed by atoms with van der Waals surface area (Å²) in [6.07, 6.45) is -2.66. The molecule has 1 N–H and O–H groups in total. The highest BCUT2D eigenvalue weighted by molar-refractivity contribution is 6.10. The number of carbonyl (C=O) groups excluding carboxylic acids is 1. The van der Waals surface area contributed by atoms with E-state index < -0.39 is 65.7 Å². The van der Waals surface area contributed by atoms with Crippen LogP contribution in [0.15, 0.2) is 54.7 Å². The topological polar surface area (TPSA) is 57.7 Å². The van der Waals surface area contributed by atoms with Crippen molar-refractivity contribution in [3.63, 3.8) is 0 Å². The number of nitrogens with zero attached hydrogens (tertiary/aromatic N) is 3. The molecule has 1 saturated heterocycles. The van der Waals surface area contributed by atoms with Crippen LogP contribution in [0.3, 0.4) is 0 Å². The van der Waals surface area contributed by atoms with Gasteiger partial charge in [-0.1, -0.05) is 12.1 Å². The van der Waals surface area contributed by atoms with Crippen molar-refractivity contribution in [3.8, 4) is 16.9 Å². The van der Waals surface area contributed by atoms with E-state index in [1.54, 1.807) is 29.3 Å². The summed E-state index contributed by atoms with van der Waals surface area (Å²) < 4.78 is 92.2. The predicted molar refractivity (Wildman–Crippen MR) is 136 cm³/mol. The fraction of sp³-hybridized carbons (Fsp3) is 0.214. The van der Waals surface area contributed by atoms with Crippen molar-refractivity contribution in [1.82, 2.24) is 10.4 Å². The van der Waals surface area contributed by atoms with Crippen LogP contribution in [-0.4, -0.2) is 49.5 Å². The van der Waals surface area contributed by atoms with Gasteiger partial charge in [0.15, 0.2) is 24.0 Å². The van der Waals surface area contributed by atoms with E-state index in [-0.39, 0.29) is 28.8 Å². The average molecular weight is 558 g/mol. The zero-order valence-electron chi connectivity index (χ0n) is 20.6. The molecule has 2 aliphatic heterocycles. The van der Waals surface area contributed by atoms with Crippen molar-refractivity contribution in [2.75, 3.05) is 36.1 Å². The second-order valence-electron chi connectivity index (χ2n) is 9.43. The number of pyridine rings is 1. The highest BCUT2D eigenvalue weighted by atomic mass is 19.2. The maximum Gasteiger partial charge on any atom is 0.273 e. The Labute approximate surface area is 223 Å². The third kappa shape index (κ3) is 4.33. The van der Waals surface area contributed by atoms with E-state index in [2.05, 4.69) is 10.4 Å². The van der Waals surface area contributed by atoms with Crippen LogP contribution in [0.5, 0.6) is 5.75 Å². The number of hydrogen-bond donors (Lipinski definition) is 1. The zero-order chi connectivity index (χ0) is 28.1. The van der Waals surface area contributed by atoms with Crippen molar-refractivity contribution in [2.24, 2.45) is 0 Å². The minimum atomic E-state index is -1.86. The van der Waals surface area contributed by atoms with Crippen LogP contribution in [0.25, 0.3) is 22.0 Å². The molecule has 3 aromatic carbocycles. The number of anilines is 2. The maximum absolute atomic E-state index is 15.1. The summed E-state index contributed by atoms with van der Waals surface area (Å²) in [5.74, 6) is -5.37. The van der Waals surface area contributed by atoms with E-state index in [9.17, 15) is 26.7 Å². The molecule has 12 heteroatoms. The van der Waals surface area contributed by atoms with Crippen LogP contribution in [0, 0.1) is 23.3 Å². The summed E-state index contributed by atoms with van der Waals surface area (Å²) in [5.41, 5.74) is 1.72. The van der Waals surface area contributed by atoms with Gasteiger partial charge in [0.25, 0.3) is 5.91 Å². The number of nitrogens with one attached hydrogen (secondary N) is 1. The SMILES string of the molecule is O=C(NN1CCOc2ccccc21)c1cnc2c(-c3cc(F)cc(F)c3F)c(F)ccc2c1N1C[C@@H](F)[C@H](F)C1. The second kappa shape index (κ2) is 9.92. The van der Waals surface area contributed by atoms with E-state index in [4.69, 9.17) is 4.74 Å². The fourth-order valence-electron chi connectivity index (χ4n) is 5.10. The normalized spacial score (nSPS) is 18.6. The summed E-state index contributed by atoms with van der Waals surface area (Å²) in [6, 6.07) is 10.1. The molecule has 0 radical (unpaired) electrons. The summed E-state index contributed by atoms with van der Waals surface area (Å²) in [7, 11) is 0. The van der Waals surface area contributed by atoms with Crippen LogP contribution in [0.2, 0.25) is 0 Å². The van der Waals surface area contributed by atoms with Gasteiger partial charge < -0.3 is 9.64 Å². The molecule has 1 fully saturated rings. The lowest BCUT2D eigenvalue weighted by molar-refractivity contribution is 0.0945. The molecular formula is C28H20F6N4O2. The van der Waals surface area contributed by atoms with Crippen LogP contribution < -0.4 is 20.1 Å². The Bertz CT molecular complexity index is 1640. The molecule has 6 rings (SSSR count). The Morgan fingerprint density at radius 1 is 0.975 bits per heavy atom. The molecule has 0 unspecified atom stereocenters. The van der Waals surface area contributed by atoms with E-state index in [1.807, 2.05) is 0 Å². The van der Waals surface area contributed by atoms with Gasteiger partial charge in [-0.25, -0.2) is 26.3 Å². The third-order valence-electron chi connectivity index (χ3n) is 6.93. The Balaban J connectivity index is 1.51. The first-order chi connectivity index (χ1) is 19.2. The number of alkyl halides is 2. The highest BCUT2D eigenvalue weighted by Crippen LogP contribution is 2.40. The lowest BCUT2D eigenvalue weighted by Crippen LogP contribution is -2.47. The van der Waals surface area contributed by atoms with Crippen LogP contribution >= 0.6 is 0 Å². The van der Waals surface area contributed by atoms with Gasteiger partial charge in [0.1, 0.15) is 24.0 Å². The summed E-state index contributed by atoms with van der Waals surface area (Å²) in [5, 5.41) is 1.59. The van der Waals surface area contributed by atoms with E-state index in [0.29, 0.717) is 30.1 Å². The molecule has 40 heavy (non-hydrogen) atoms. The van der Waals surface area contributed by atoms with Gasteiger partial charge in [0.05, 0.1) is 42.1 Å². The van der Waals surface area contributed by atoms with Gasteiger partial charge >= 0.3 is 0 Å². The van der Waals surface area contributed by atoms with Gasteiger partial charge in [-0.15, -0.1) is 0 Å². The van der Waals surface area contributed by atoms with E-state index >= 15 is 4.39 Å². The zero-order valence-corrected chi connectivity index (χ0v) is 20.6. The molecule has 6 nitrogen and oxygen atoms in total. The van der Waals surface area contributed by atoms with Crippen LogP contribution in [0.1, 0.15) is 10.4 Å². The molecule has 206 valence electrons. The van der Waals surface area contributed by atoms with Gasteiger partial charge in [0.2, 0.25) is 0 Å². The Hall–Kier alpha value is -4.48. The number of amides is 1. The van der Waals surface area contributed by atoms with E-state index in [1.165, 1.54) is 11.0 Å². The number of carbonyl (C=O) groups is 1. The molecule has 1 aromatic heterocycles. The largest absolute Gasteiger partial charge is 0.489 e. The standard InChI is InChI=1S/C28H20F6N4O2/c29-14-9-16(25(34)19(31)10-14)24-18(30)6-5-15-26(24)35-11-17(27(15)37-12-20(32)21(33)13-37)28(39)36-38-7-8-40-23-4-2-1-3-22(23)38/h1-6,9-11,20-21H,7-8,12-13H2,(H,36,39)/t20-,21-/m1/s1. The monoisotopic (exact) mass is 558 g/mol. The smallest absolute Gasteiger partial charge is 0.273 e. The number of fused-ring (bicyclic) bond motifs is 2. The van der Waals surface area contributed by atoms with Gasteiger partial charge in [-0.2, -0.15) is 0 Å². The Morgan fingerprint density at radius 2 is 1.73 bits per heavy atom. The predicted octanol–water partition coefficient (Wildman–Crippen LogP) is 5.50. The molecule has 1 amide bonds. The summed E-state index contributed by atoms with van der Waals surface area (Å²) >= 11 is 0. The van der Waals surface area contributed by atoms with Crippen molar-refractivity contribution >= 4 is 28.2 Å². The number of hydrogen-bond acceptors (Lipinski definition) is 5. The molecule has 2 aliphatic rings. The Kier molecular flexibility index (Phi) is 6.40. The molecular weight excluding hydrogens is 538 g/mol. The first kappa shape index (κ1) is 25.8. The number of benzene rings is 3.